The van der Waals surface area contributed by atoms with Gasteiger partial charge in [-0.05, 0) is 12.8 Å². The molecule has 0 fully saturated rings. The van der Waals surface area contributed by atoms with Crippen LogP contribution < -0.4 is 0 Å². The van der Waals surface area contributed by atoms with Gasteiger partial charge in [0, 0.05) is 0 Å². The first-order chi connectivity index (χ1) is 5.18. The van der Waals surface area contributed by atoms with E-state index < -0.39 is 5.97 Å². The van der Waals surface area contributed by atoms with Crippen molar-refractivity contribution in [1.82, 2.24) is 0 Å². The summed E-state index contributed by atoms with van der Waals surface area (Å²) in [5.41, 5.74) is 0. The molecule has 1 atom stereocenters. The van der Waals surface area contributed by atoms with Crippen molar-refractivity contribution in [1.29, 1.82) is 0 Å². The number of nitrogens with zero attached hydrogens (tertiary/aromatic N) is 1. The Morgan fingerprint density at radius 2 is 2.36 bits per heavy atom. The Morgan fingerprint density at radius 1 is 1.73 bits per heavy atom. The Hall–Kier alpha value is -1.15. The number of isocyanates is 1. The van der Waals surface area contributed by atoms with Crippen molar-refractivity contribution < 1.29 is 14.7 Å². The first kappa shape index (κ1) is 9.85. The van der Waals surface area contributed by atoms with Crippen molar-refractivity contribution in [3.05, 3.63) is 0 Å². The fourth-order valence-corrected chi connectivity index (χ4v) is 0.646. The van der Waals surface area contributed by atoms with E-state index in [9.17, 15) is 9.59 Å². The minimum Gasteiger partial charge on any atom is -0.481 e. The molecule has 0 amide bonds. The second kappa shape index (κ2) is 5.62. The molecule has 1 unspecified atom stereocenters. The monoisotopic (exact) mass is 157 g/mol. The summed E-state index contributed by atoms with van der Waals surface area (Å²) < 4.78 is 0. The van der Waals surface area contributed by atoms with Gasteiger partial charge in [-0.25, -0.2) is 9.79 Å². The smallest absolute Gasteiger partial charge is 0.306 e. The first-order valence-corrected chi connectivity index (χ1v) is 3.45. The molecule has 0 spiro atoms. The highest BCUT2D eigenvalue weighted by Crippen LogP contribution is 2.04. The summed E-state index contributed by atoms with van der Waals surface area (Å²) in [5, 5.41) is 8.43. The predicted octanol–water partition coefficient (Wildman–Crippen LogP) is 0.823. The molecule has 4 nitrogen and oxygen atoms in total. The number of carbonyl (C=O) groups is 1. The van der Waals surface area contributed by atoms with Gasteiger partial charge in [0.2, 0.25) is 6.08 Å². The van der Waals surface area contributed by atoms with Gasteiger partial charge in [0.1, 0.15) is 0 Å². The largest absolute Gasteiger partial charge is 0.481 e. The summed E-state index contributed by atoms with van der Waals surface area (Å²) in [5.74, 6) is -1.16. The van der Waals surface area contributed by atoms with Crippen molar-refractivity contribution in [2.75, 3.05) is 6.54 Å². The van der Waals surface area contributed by atoms with Crippen molar-refractivity contribution in [2.45, 2.75) is 19.8 Å². The van der Waals surface area contributed by atoms with Crippen LogP contribution in [0.5, 0.6) is 0 Å². The van der Waals surface area contributed by atoms with Crippen LogP contribution in [0.1, 0.15) is 19.8 Å². The normalized spacial score (nSPS) is 11.7. The number of carboxylic acid groups (broad SMARTS) is 1. The van der Waals surface area contributed by atoms with Gasteiger partial charge in [-0.2, -0.15) is 0 Å². The van der Waals surface area contributed by atoms with Crippen LogP contribution in [0.4, 0.5) is 0 Å². The van der Waals surface area contributed by atoms with E-state index in [1.54, 1.807) is 6.92 Å². The van der Waals surface area contributed by atoms with E-state index in [2.05, 4.69) is 4.99 Å². The van der Waals surface area contributed by atoms with Gasteiger partial charge < -0.3 is 5.11 Å². The molecular weight excluding hydrogens is 146 g/mol. The van der Waals surface area contributed by atoms with Crippen LogP contribution in [0.15, 0.2) is 4.99 Å². The predicted molar refractivity (Wildman–Crippen MR) is 39.0 cm³/mol. The zero-order valence-electron chi connectivity index (χ0n) is 6.41. The summed E-state index contributed by atoms with van der Waals surface area (Å²) in [4.78, 5) is 23.1. The minimum absolute atomic E-state index is 0.350. The van der Waals surface area contributed by atoms with Crippen LogP contribution in [0.3, 0.4) is 0 Å². The molecule has 0 saturated carbocycles. The third-order valence-electron chi connectivity index (χ3n) is 1.39. The molecule has 0 aliphatic carbocycles. The van der Waals surface area contributed by atoms with E-state index in [4.69, 9.17) is 5.11 Å². The van der Waals surface area contributed by atoms with Crippen LogP contribution in [0.2, 0.25) is 0 Å². The average Bonchev–Trinajstić information content (AvgIpc) is 1.97. The molecule has 0 heterocycles. The van der Waals surface area contributed by atoms with Crippen LogP contribution in [0.25, 0.3) is 0 Å². The number of carboxylic acids is 1. The Morgan fingerprint density at radius 3 is 2.82 bits per heavy atom. The van der Waals surface area contributed by atoms with Crippen molar-refractivity contribution in [3.63, 3.8) is 0 Å². The SMILES string of the molecule is CC(CCCN=C=O)C(=O)O. The molecule has 62 valence electrons. The maximum Gasteiger partial charge on any atom is 0.306 e. The Labute approximate surface area is 64.9 Å². The van der Waals surface area contributed by atoms with E-state index in [0.29, 0.717) is 19.4 Å². The molecule has 0 aromatic carbocycles. The molecule has 0 aromatic rings. The van der Waals surface area contributed by atoms with E-state index in [0.717, 1.165) is 0 Å². The van der Waals surface area contributed by atoms with E-state index in [1.165, 1.54) is 6.08 Å². The maximum atomic E-state index is 10.3. The van der Waals surface area contributed by atoms with E-state index >= 15 is 0 Å². The fourth-order valence-electron chi connectivity index (χ4n) is 0.646. The number of aliphatic imine (C=N–C) groups is 1. The minimum atomic E-state index is -0.805. The lowest BCUT2D eigenvalue weighted by Crippen LogP contribution is -2.09. The van der Waals surface area contributed by atoms with Gasteiger partial charge >= 0.3 is 5.97 Å². The van der Waals surface area contributed by atoms with E-state index in [-0.39, 0.29) is 5.92 Å². The van der Waals surface area contributed by atoms with Crippen LogP contribution in [0, 0.1) is 5.92 Å². The Kier molecular flexibility index (Phi) is 5.03. The number of hydrogen-bond donors (Lipinski definition) is 1. The van der Waals surface area contributed by atoms with Crippen molar-refractivity contribution in [2.24, 2.45) is 10.9 Å². The van der Waals surface area contributed by atoms with Gasteiger partial charge in [0.25, 0.3) is 0 Å². The number of hydrogen-bond acceptors (Lipinski definition) is 3. The van der Waals surface area contributed by atoms with Crippen LogP contribution >= 0.6 is 0 Å². The Balaban J connectivity index is 3.38. The summed E-state index contributed by atoms with van der Waals surface area (Å²) in [7, 11) is 0. The molecule has 0 aliphatic rings. The van der Waals surface area contributed by atoms with E-state index in [1.807, 2.05) is 0 Å². The van der Waals surface area contributed by atoms with Gasteiger partial charge in [-0.15, -0.1) is 0 Å². The highest BCUT2D eigenvalue weighted by atomic mass is 16.4. The van der Waals surface area contributed by atoms with Gasteiger partial charge in [0.15, 0.2) is 0 Å². The molecule has 0 bridgehead atoms. The van der Waals surface area contributed by atoms with Crippen molar-refractivity contribution >= 4 is 12.0 Å². The molecule has 0 rings (SSSR count). The van der Waals surface area contributed by atoms with Gasteiger partial charge in [-0.1, -0.05) is 6.92 Å². The van der Waals surface area contributed by atoms with Crippen molar-refractivity contribution in [3.8, 4) is 0 Å². The zero-order chi connectivity index (χ0) is 8.69. The van der Waals surface area contributed by atoms with Gasteiger partial charge in [-0.3, -0.25) is 4.79 Å². The topological polar surface area (TPSA) is 66.7 Å². The van der Waals surface area contributed by atoms with Crippen LogP contribution in [-0.4, -0.2) is 23.7 Å². The molecule has 0 aromatic heterocycles. The summed E-state index contributed by atoms with van der Waals surface area (Å²) in [6.45, 7) is 2.01. The van der Waals surface area contributed by atoms with Gasteiger partial charge in [0.05, 0.1) is 12.5 Å². The summed E-state index contributed by atoms with van der Waals surface area (Å²) in [6.07, 6.45) is 2.58. The maximum absolute atomic E-state index is 10.3. The molecule has 0 saturated heterocycles. The second-order valence-corrected chi connectivity index (χ2v) is 2.35. The lowest BCUT2D eigenvalue weighted by atomic mass is 10.1. The molecular formula is C7H11NO3. The first-order valence-electron chi connectivity index (χ1n) is 3.45. The lowest BCUT2D eigenvalue weighted by molar-refractivity contribution is -0.141. The van der Waals surface area contributed by atoms with Crippen LogP contribution in [-0.2, 0) is 9.59 Å². The molecule has 0 aliphatic heterocycles. The highest BCUT2D eigenvalue weighted by molar-refractivity contribution is 5.69. The highest BCUT2D eigenvalue weighted by Gasteiger charge is 2.08. The summed E-state index contributed by atoms with van der Waals surface area (Å²) in [6, 6.07) is 0. The standard InChI is InChI=1S/C7H11NO3/c1-6(7(10)11)3-2-4-8-5-9/h6H,2-4H2,1H3,(H,10,11). The number of rotatable bonds is 5. The Bertz CT molecular complexity index is 173. The number of aliphatic carboxylic acids is 1. The summed E-state index contributed by atoms with van der Waals surface area (Å²) >= 11 is 0. The lowest BCUT2D eigenvalue weighted by Gasteiger charge is -2.01. The quantitative estimate of drug-likeness (QED) is 0.365. The molecule has 4 heteroatoms. The molecule has 1 N–H and O–H groups in total. The molecule has 0 radical (unpaired) electrons. The second-order valence-electron chi connectivity index (χ2n) is 2.35. The fraction of sp³-hybridized carbons (Fsp3) is 0.714. The third-order valence-corrected chi connectivity index (χ3v) is 1.39. The molecule has 11 heavy (non-hydrogen) atoms. The average molecular weight is 157 g/mol. The number of carbonyl (C=O) groups excluding carboxylic acids is 1. The zero-order valence-corrected chi connectivity index (χ0v) is 6.41. The third kappa shape index (κ3) is 5.30.